The number of carbonyl (C=O) groups is 2. The molecule has 0 unspecified atom stereocenters. The third-order valence-electron chi connectivity index (χ3n) is 5.33. The van der Waals surface area contributed by atoms with Gasteiger partial charge in [-0.25, -0.2) is 9.07 Å². The first kappa shape index (κ1) is 22.4. The van der Waals surface area contributed by atoms with Crippen molar-refractivity contribution < 1.29 is 19.1 Å². The largest absolute Gasteiger partial charge is 0.391 e. The minimum absolute atomic E-state index is 0.0475. The zero-order valence-corrected chi connectivity index (χ0v) is 17.8. The van der Waals surface area contributed by atoms with Crippen molar-refractivity contribution in [2.24, 2.45) is 5.41 Å². The van der Waals surface area contributed by atoms with Crippen LogP contribution in [-0.2, 0) is 9.59 Å². The summed E-state index contributed by atoms with van der Waals surface area (Å²) < 4.78 is 15.4. The Morgan fingerprint density at radius 1 is 1.39 bits per heavy atom. The number of nitrogens with one attached hydrogen (secondary N) is 1. The van der Waals surface area contributed by atoms with Crippen molar-refractivity contribution in [3.8, 4) is 17.3 Å². The number of aliphatic hydroxyl groups is 1. The van der Waals surface area contributed by atoms with Crippen LogP contribution in [0.1, 0.15) is 38.8 Å². The van der Waals surface area contributed by atoms with Crippen molar-refractivity contribution in [2.75, 3.05) is 13.6 Å². The van der Waals surface area contributed by atoms with Crippen molar-refractivity contribution in [3.63, 3.8) is 0 Å². The van der Waals surface area contributed by atoms with Crippen molar-refractivity contribution in [1.29, 1.82) is 5.26 Å². The van der Waals surface area contributed by atoms with Gasteiger partial charge in [-0.3, -0.25) is 9.59 Å². The van der Waals surface area contributed by atoms with Crippen LogP contribution in [0.25, 0.3) is 11.3 Å². The van der Waals surface area contributed by atoms with Gasteiger partial charge in [0.2, 0.25) is 11.8 Å². The van der Waals surface area contributed by atoms with Gasteiger partial charge in [-0.2, -0.15) is 5.26 Å². The molecule has 2 aromatic rings. The van der Waals surface area contributed by atoms with E-state index in [9.17, 15) is 19.1 Å². The Labute approximate surface area is 179 Å². The van der Waals surface area contributed by atoms with Gasteiger partial charge in [0.25, 0.3) is 0 Å². The van der Waals surface area contributed by atoms with Crippen molar-refractivity contribution >= 4 is 11.8 Å². The predicted octanol–water partition coefficient (Wildman–Crippen LogP) is 1.25. The number of amides is 2. The molecule has 0 spiro atoms. The van der Waals surface area contributed by atoms with E-state index in [0.29, 0.717) is 11.3 Å². The molecule has 9 nitrogen and oxygen atoms in total. The molecule has 10 heteroatoms. The average Bonchev–Trinajstić information content (AvgIpc) is 3.33. The van der Waals surface area contributed by atoms with Crippen LogP contribution in [0.5, 0.6) is 0 Å². The van der Waals surface area contributed by atoms with E-state index in [1.165, 1.54) is 35.0 Å². The third-order valence-corrected chi connectivity index (χ3v) is 5.33. The van der Waals surface area contributed by atoms with Crippen LogP contribution in [0.2, 0.25) is 0 Å². The number of hydrogen-bond donors (Lipinski definition) is 2. The van der Waals surface area contributed by atoms with Gasteiger partial charge in [-0.1, -0.05) is 32.1 Å². The van der Waals surface area contributed by atoms with E-state index in [1.807, 2.05) is 20.8 Å². The Morgan fingerprint density at radius 2 is 2.10 bits per heavy atom. The topological polar surface area (TPSA) is 124 Å². The highest BCUT2D eigenvalue weighted by molar-refractivity contribution is 5.90. The minimum Gasteiger partial charge on any atom is -0.391 e. The maximum Gasteiger partial charge on any atom is 0.248 e. The van der Waals surface area contributed by atoms with Gasteiger partial charge in [-0.05, 0) is 17.5 Å². The number of nitrogens with zero attached hydrogens (tertiary/aromatic N) is 5. The highest BCUT2D eigenvalue weighted by atomic mass is 19.1. The summed E-state index contributed by atoms with van der Waals surface area (Å²) in [7, 11) is 1.48. The lowest BCUT2D eigenvalue weighted by Crippen LogP contribution is -2.49. The first-order chi connectivity index (χ1) is 14.6. The van der Waals surface area contributed by atoms with Gasteiger partial charge in [-0.15, -0.1) is 5.10 Å². The maximum atomic E-state index is 14.0. The van der Waals surface area contributed by atoms with Crippen LogP contribution >= 0.6 is 0 Å². The van der Waals surface area contributed by atoms with Crippen LogP contribution in [-0.4, -0.2) is 62.6 Å². The predicted molar refractivity (Wildman–Crippen MR) is 109 cm³/mol. The summed E-state index contributed by atoms with van der Waals surface area (Å²) in [6.07, 6.45) is 0.908. The first-order valence-electron chi connectivity index (χ1n) is 9.88. The molecule has 3 rings (SSSR count). The quantitative estimate of drug-likeness (QED) is 0.755. The fourth-order valence-corrected chi connectivity index (χ4v) is 3.81. The number of rotatable bonds is 4. The van der Waals surface area contributed by atoms with E-state index in [-0.39, 0.29) is 30.3 Å². The summed E-state index contributed by atoms with van der Waals surface area (Å²) in [5, 5.41) is 29.7. The molecular weight excluding hydrogens is 403 g/mol. The van der Waals surface area contributed by atoms with E-state index in [2.05, 4.69) is 15.6 Å². The molecule has 0 aliphatic carbocycles. The zero-order valence-electron chi connectivity index (χ0n) is 17.8. The van der Waals surface area contributed by atoms with E-state index < -0.39 is 29.4 Å². The fourth-order valence-electron chi connectivity index (χ4n) is 3.81. The summed E-state index contributed by atoms with van der Waals surface area (Å²) in [5.41, 5.74) is 0.0859. The van der Waals surface area contributed by atoms with Gasteiger partial charge in [0.1, 0.15) is 29.7 Å². The van der Waals surface area contributed by atoms with Crippen LogP contribution in [0.3, 0.4) is 0 Å². The lowest BCUT2D eigenvalue weighted by atomic mass is 9.85. The molecular formula is C21H25FN6O3. The zero-order chi connectivity index (χ0) is 22.9. The molecule has 1 aliphatic rings. The molecule has 0 radical (unpaired) electrons. The molecule has 0 saturated carbocycles. The number of nitriles is 1. The minimum atomic E-state index is -0.811. The summed E-state index contributed by atoms with van der Waals surface area (Å²) in [6, 6.07) is 4.29. The number of hydrogen-bond acceptors (Lipinski definition) is 6. The molecule has 1 saturated heterocycles. The summed E-state index contributed by atoms with van der Waals surface area (Å²) in [4.78, 5) is 27.1. The third kappa shape index (κ3) is 4.41. The Hall–Kier alpha value is -3.32. The summed E-state index contributed by atoms with van der Waals surface area (Å²) >= 11 is 0. The number of halogens is 1. The molecule has 1 aromatic heterocycles. The number of aliphatic hydroxyl groups excluding tert-OH is 1. The summed E-state index contributed by atoms with van der Waals surface area (Å²) in [6.45, 7) is 5.63. The molecule has 1 aliphatic heterocycles. The van der Waals surface area contributed by atoms with Crippen molar-refractivity contribution in [2.45, 2.75) is 45.4 Å². The molecule has 3 atom stereocenters. The number of aromatic nitrogens is 3. The van der Waals surface area contributed by atoms with Crippen LogP contribution in [0, 0.1) is 22.6 Å². The van der Waals surface area contributed by atoms with Gasteiger partial charge in [0, 0.05) is 25.6 Å². The number of likely N-dealkylation sites (N-methyl/N-ethyl adjacent to an activating group) is 1. The second-order valence-corrected chi connectivity index (χ2v) is 8.67. The monoisotopic (exact) mass is 428 g/mol. The van der Waals surface area contributed by atoms with E-state index in [0.717, 1.165) is 0 Å². The van der Waals surface area contributed by atoms with Crippen molar-refractivity contribution in [1.82, 2.24) is 25.2 Å². The lowest BCUT2D eigenvalue weighted by Gasteiger charge is -2.34. The highest BCUT2D eigenvalue weighted by Crippen LogP contribution is 2.35. The Bertz CT molecular complexity index is 1040. The number of carbonyl (C=O) groups excluding carboxylic acids is 2. The van der Waals surface area contributed by atoms with E-state index in [1.54, 1.807) is 12.1 Å². The van der Waals surface area contributed by atoms with Crippen molar-refractivity contribution in [3.05, 3.63) is 35.8 Å². The Kier molecular flexibility index (Phi) is 6.08. The van der Waals surface area contributed by atoms with Gasteiger partial charge >= 0.3 is 0 Å². The number of β-amino-alcohol motifs (C(OH)–C–C–N with tert-alkyl or cyclic N) is 1. The molecule has 2 amide bonds. The smallest absolute Gasteiger partial charge is 0.248 e. The Morgan fingerprint density at radius 3 is 2.68 bits per heavy atom. The van der Waals surface area contributed by atoms with Gasteiger partial charge < -0.3 is 15.3 Å². The van der Waals surface area contributed by atoms with E-state index in [4.69, 9.17) is 5.26 Å². The molecule has 1 aromatic carbocycles. The highest BCUT2D eigenvalue weighted by Gasteiger charge is 2.45. The average molecular weight is 428 g/mol. The maximum absolute atomic E-state index is 14.0. The second-order valence-electron chi connectivity index (χ2n) is 8.67. The molecule has 1 fully saturated rings. The fraction of sp³-hybridized carbons (Fsp3) is 0.476. The number of likely N-dealkylation sites (tertiary alicyclic amines) is 1. The normalized spacial score (nSPS) is 19.7. The SMILES string of the molecule is CNC(=O)[C@@H]1C[C@@H](O)CN1C(=O)[C@@H](n1cc(-c2ccc(C#N)c(F)c2)nn1)C(C)(C)C. The number of benzene rings is 1. The van der Waals surface area contributed by atoms with Gasteiger partial charge in [0.15, 0.2) is 0 Å². The van der Waals surface area contributed by atoms with E-state index >= 15 is 0 Å². The summed E-state index contributed by atoms with van der Waals surface area (Å²) in [5.74, 6) is -1.37. The lowest BCUT2D eigenvalue weighted by molar-refractivity contribution is -0.144. The van der Waals surface area contributed by atoms with Crippen LogP contribution in [0.4, 0.5) is 4.39 Å². The molecule has 2 N–H and O–H groups in total. The van der Waals surface area contributed by atoms with Crippen LogP contribution in [0.15, 0.2) is 24.4 Å². The van der Waals surface area contributed by atoms with Gasteiger partial charge in [0.05, 0.1) is 17.9 Å². The molecule has 2 heterocycles. The Balaban J connectivity index is 1.96. The molecule has 31 heavy (non-hydrogen) atoms. The van der Waals surface area contributed by atoms with Crippen LogP contribution < -0.4 is 5.32 Å². The standard InChI is InChI=1S/C21H25FN6O3/c1-21(2,3)18(20(31)27-10-14(29)8-17(27)19(30)24-4)28-11-16(25-26-28)12-5-6-13(9-23)15(22)7-12/h5-7,11,14,17-18,29H,8,10H2,1-4H3,(H,24,30)/t14-,17+,18-/m1/s1. The molecule has 164 valence electrons. The first-order valence-corrected chi connectivity index (χ1v) is 9.88. The second kappa shape index (κ2) is 8.43. The molecule has 0 bridgehead atoms.